The lowest BCUT2D eigenvalue weighted by Crippen LogP contribution is -1.91. The smallest absolute Gasteiger partial charge is 0.119 e. The van der Waals surface area contributed by atoms with E-state index in [0.717, 1.165) is 0 Å². The molecule has 1 aliphatic heterocycles. The Hall–Kier alpha value is -0.0700. The van der Waals surface area contributed by atoms with E-state index in [2.05, 4.69) is 0 Å². The Labute approximate surface area is 61.3 Å². The number of aliphatic hydroxyl groups excluding tert-OH is 1. The van der Waals surface area contributed by atoms with Gasteiger partial charge in [-0.2, -0.15) is 0 Å². The molecule has 3 heteroatoms. The summed E-state index contributed by atoms with van der Waals surface area (Å²) in [6, 6.07) is 0. The molecule has 58 valence electrons. The second-order valence-electron chi connectivity index (χ2n) is 3.08. The summed E-state index contributed by atoms with van der Waals surface area (Å²) in [6.07, 6.45) is 1.15. The lowest BCUT2D eigenvalue weighted by Gasteiger charge is -2.05. The van der Waals surface area contributed by atoms with Crippen LogP contribution in [0.3, 0.4) is 0 Å². The van der Waals surface area contributed by atoms with E-state index < -0.39 is 7.14 Å². The van der Waals surface area contributed by atoms with Gasteiger partial charge in [0.2, 0.25) is 0 Å². The maximum Gasteiger partial charge on any atom is 0.119 e. The van der Waals surface area contributed by atoms with Crippen molar-refractivity contribution < 1.29 is 9.67 Å². The minimum atomic E-state index is -2.18. The van der Waals surface area contributed by atoms with E-state index in [4.69, 9.17) is 5.11 Å². The van der Waals surface area contributed by atoms with E-state index in [0.29, 0.717) is 12.3 Å². The van der Waals surface area contributed by atoms with Crippen LogP contribution in [0.2, 0.25) is 0 Å². The third-order valence-corrected chi connectivity index (χ3v) is 4.65. The maximum absolute atomic E-state index is 11.5. The van der Waals surface area contributed by atoms with E-state index in [1.165, 1.54) is 11.1 Å². The van der Waals surface area contributed by atoms with E-state index in [-0.39, 0.29) is 6.35 Å². The van der Waals surface area contributed by atoms with Crippen molar-refractivity contribution in [3.63, 3.8) is 0 Å². The van der Waals surface area contributed by atoms with Gasteiger partial charge in [-0.25, -0.2) is 0 Å². The van der Waals surface area contributed by atoms with Crippen molar-refractivity contribution in [3.8, 4) is 0 Å². The first kappa shape index (κ1) is 8.03. The lowest BCUT2D eigenvalue weighted by molar-refractivity contribution is 0.359. The fourth-order valence-electron chi connectivity index (χ4n) is 1.29. The number of aliphatic hydroxyl groups is 1. The predicted molar refractivity (Wildman–Crippen MR) is 42.8 cm³/mol. The van der Waals surface area contributed by atoms with Crippen LogP contribution in [0.15, 0.2) is 11.1 Å². The highest BCUT2D eigenvalue weighted by atomic mass is 31.2. The summed E-state index contributed by atoms with van der Waals surface area (Å²) in [6.45, 7) is 3.98. The molecule has 0 unspecified atom stereocenters. The SMILES string of the molecule is CC1=C(C)CP(=O)(CO)C1. The number of hydrogen-bond acceptors (Lipinski definition) is 2. The second-order valence-corrected chi connectivity index (χ2v) is 6.11. The standard InChI is InChI=1S/C7H13O2P/c1-6-3-10(9,5-8)4-7(6)2/h8H,3-5H2,1-2H3. The molecule has 0 bridgehead atoms. The topological polar surface area (TPSA) is 37.3 Å². The third-order valence-electron chi connectivity index (χ3n) is 2.04. The van der Waals surface area contributed by atoms with E-state index >= 15 is 0 Å². The highest BCUT2D eigenvalue weighted by Crippen LogP contribution is 2.52. The molecule has 2 nitrogen and oxygen atoms in total. The molecule has 0 amide bonds. The van der Waals surface area contributed by atoms with Gasteiger partial charge in [0.05, 0.1) is 6.35 Å². The van der Waals surface area contributed by atoms with Gasteiger partial charge in [-0.3, -0.25) is 0 Å². The Morgan fingerprint density at radius 2 is 1.80 bits per heavy atom. The highest BCUT2D eigenvalue weighted by molar-refractivity contribution is 7.64. The average Bonchev–Trinajstić information content (AvgIpc) is 2.10. The van der Waals surface area contributed by atoms with E-state index in [9.17, 15) is 4.57 Å². The predicted octanol–water partition coefficient (Wildman–Crippen LogP) is 1.65. The Morgan fingerprint density at radius 3 is 2.00 bits per heavy atom. The molecule has 0 radical (unpaired) electrons. The summed E-state index contributed by atoms with van der Waals surface area (Å²) in [5.41, 5.74) is 2.41. The van der Waals surface area contributed by atoms with Crippen LogP contribution < -0.4 is 0 Å². The van der Waals surface area contributed by atoms with Crippen molar-refractivity contribution in [2.24, 2.45) is 0 Å². The largest absolute Gasteiger partial charge is 0.389 e. The van der Waals surface area contributed by atoms with E-state index in [1.54, 1.807) is 0 Å². The zero-order valence-electron chi connectivity index (χ0n) is 6.42. The van der Waals surface area contributed by atoms with Gasteiger partial charge in [-0.1, -0.05) is 11.1 Å². The molecule has 0 fully saturated rings. The Balaban J connectivity index is 2.76. The molecule has 0 aromatic rings. The van der Waals surface area contributed by atoms with Gasteiger partial charge in [-0.15, -0.1) is 0 Å². The van der Waals surface area contributed by atoms with Gasteiger partial charge in [-0.05, 0) is 13.8 Å². The maximum atomic E-state index is 11.5. The summed E-state index contributed by atoms with van der Waals surface area (Å²) in [5, 5.41) is 8.77. The molecule has 0 aromatic heterocycles. The monoisotopic (exact) mass is 160 g/mol. The lowest BCUT2D eigenvalue weighted by atomic mass is 10.2. The number of allylic oxidation sites excluding steroid dienone is 2. The summed E-state index contributed by atoms with van der Waals surface area (Å²) in [5.74, 6) is 0. The summed E-state index contributed by atoms with van der Waals surface area (Å²) in [7, 11) is -2.18. The molecule has 1 rings (SSSR count). The minimum Gasteiger partial charge on any atom is -0.389 e. The minimum absolute atomic E-state index is 0.123. The van der Waals surface area contributed by atoms with Gasteiger partial charge in [0.1, 0.15) is 7.14 Å². The van der Waals surface area contributed by atoms with Crippen LogP contribution in [-0.4, -0.2) is 23.8 Å². The molecule has 1 N–H and O–H groups in total. The zero-order valence-corrected chi connectivity index (χ0v) is 7.32. The van der Waals surface area contributed by atoms with Crippen molar-refractivity contribution in [2.75, 3.05) is 18.7 Å². The molecule has 0 atom stereocenters. The normalized spacial score (nSPS) is 23.9. The zero-order chi connectivity index (χ0) is 7.78. The van der Waals surface area contributed by atoms with Gasteiger partial charge >= 0.3 is 0 Å². The summed E-state index contributed by atoms with van der Waals surface area (Å²) < 4.78 is 11.5. The van der Waals surface area contributed by atoms with Gasteiger partial charge in [0.25, 0.3) is 0 Å². The van der Waals surface area contributed by atoms with Gasteiger partial charge in [0, 0.05) is 12.3 Å². The number of rotatable bonds is 1. The van der Waals surface area contributed by atoms with E-state index in [1.807, 2.05) is 13.8 Å². The van der Waals surface area contributed by atoms with Crippen LogP contribution in [-0.2, 0) is 4.57 Å². The summed E-state index contributed by atoms with van der Waals surface area (Å²) >= 11 is 0. The molecular weight excluding hydrogens is 147 g/mol. The molecular formula is C7H13O2P. The molecule has 1 heterocycles. The third kappa shape index (κ3) is 1.33. The average molecular weight is 160 g/mol. The van der Waals surface area contributed by atoms with Crippen LogP contribution in [0.4, 0.5) is 0 Å². The Kier molecular flexibility index (Phi) is 2.02. The molecule has 0 aliphatic carbocycles. The van der Waals surface area contributed by atoms with Crippen LogP contribution >= 0.6 is 7.14 Å². The first-order valence-corrected chi connectivity index (χ1v) is 5.67. The van der Waals surface area contributed by atoms with Crippen molar-refractivity contribution in [1.82, 2.24) is 0 Å². The first-order chi connectivity index (χ1) is 4.57. The fraction of sp³-hybridized carbons (Fsp3) is 0.714. The Bertz CT molecular complexity index is 200. The van der Waals surface area contributed by atoms with Gasteiger partial charge in [0.15, 0.2) is 0 Å². The van der Waals surface area contributed by atoms with Crippen LogP contribution in [0, 0.1) is 0 Å². The van der Waals surface area contributed by atoms with Crippen LogP contribution in [0.1, 0.15) is 13.8 Å². The number of hydrogen-bond donors (Lipinski definition) is 1. The molecule has 0 saturated carbocycles. The van der Waals surface area contributed by atoms with Crippen molar-refractivity contribution >= 4 is 7.14 Å². The van der Waals surface area contributed by atoms with Crippen molar-refractivity contribution in [3.05, 3.63) is 11.1 Å². The summed E-state index contributed by atoms with van der Waals surface area (Å²) in [4.78, 5) is 0. The molecule has 1 aliphatic rings. The van der Waals surface area contributed by atoms with Crippen LogP contribution in [0.5, 0.6) is 0 Å². The first-order valence-electron chi connectivity index (χ1n) is 3.40. The van der Waals surface area contributed by atoms with Gasteiger partial charge < -0.3 is 9.67 Å². The fourth-order valence-corrected chi connectivity index (χ4v) is 3.87. The Morgan fingerprint density at radius 1 is 1.40 bits per heavy atom. The molecule has 10 heavy (non-hydrogen) atoms. The molecule has 0 spiro atoms. The molecule has 0 saturated heterocycles. The highest BCUT2D eigenvalue weighted by Gasteiger charge is 2.28. The molecule has 0 aromatic carbocycles. The second kappa shape index (κ2) is 2.52. The quantitative estimate of drug-likeness (QED) is 0.467. The van der Waals surface area contributed by atoms with Crippen molar-refractivity contribution in [1.29, 1.82) is 0 Å². The van der Waals surface area contributed by atoms with Crippen molar-refractivity contribution in [2.45, 2.75) is 13.8 Å². The van der Waals surface area contributed by atoms with Crippen LogP contribution in [0.25, 0.3) is 0 Å².